The van der Waals surface area contributed by atoms with E-state index in [4.69, 9.17) is 16.7 Å². The maximum absolute atomic E-state index is 12.1. The highest BCUT2D eigenvalue weighted by atomic mass is 35.5. The normalized spacial score (nSPS) is 24.1. The van der Waals surface area contributed by atoms with Gasteiger partial charge in [-0.1, -0.05) is 19.3 Å². The lowest BCUT2D eigenvalue weighted by molar-refractivity contribution is -0.527. The van der Waals surface area contributed by atoms with Crippen molar-refractivity contribution in [1.29, 1.82) is 0 Å². The summed E-state index contributed by atoms with van der Waals surface area (Å²) in [5.41, 5.74) is 0. The summed E-state index contributed by atoms with van der Waals surface area (Å²) in [6, 6.07) is -0.671. The number of rotatable bonds is 10. The van der Waals surface area contributed by atoms with E-state index in [1.54, 1.807) is 0 Å². The van der Waals surface area contributed by atoms with E-state index in [1.165, 1.54) is 0 Å². The van der Waals surface area contributed by atoms with Crippen molar-refractivity contribution >= 4 is 23.5 Å². The van der Waals surface area contributed by atoms with Crippen LogP contribution in [0.4, 0.5) is 0 Å². The Morgan fingerprint density at radius 1 is 1.17 bits per heavy atom. The summed E-state index contributed by atoms with van der Waals surface area (Å²) in [6.45, 7) is 0.529. The maximum atomic E-state index is 12.1. The van der Waals surface area contributed by atoms with E-state index in [9.17, 15) is 19.7 Å². The number of nitrogens with one attached hydrogen (secondary N) is 1. The average Bonchev–Trinajstić information content (AvgIpc) is 2.49. The molecule has 0 aromatic carbocycles. The molecule has 3 atom stereocenters. The van der Waals surface area contributed by atoms with Crippen molar-refractivity contribution in [3.8, 4) is 0 Å². The van der Waals surface area contributed by atoms with E-state index >= 15 is 0 Å². The van der Waals surface area contributed by atoms with Gasteiger partial charge < -0.3 is 10.4 Å². The highest BCUT2D eigenvalue weighted by molar-refractivity contribution is 6.22. The number of carboxylic acids is 1. The van der Waals surface area contributed by atoms with E-state index in [2.05, 4.69) is 5.32 Å². The molecule has 1 fully saturated rings. The largest absolute Gasteiger partial charge is 0.481 e. The first-order valence-electron chi connectivity index (χ1n) is 8.19. The number of unbranched alkanes of at least 4 members (excludes halogenated alkanes) is 4. The van der Waals surface area contributed by atoms with Crippen LogP contribution in [0.25, 0.3) is 0 Å². The monoisotopic (exact) mass is 348 g/mol. The van der Waals surface area contributed by atoms with Crippen molar-refractivity contribution in [2.75, 3.05) is 6.54 Å². The Balaban J connectivity index is 2.15. The van der Waals surface area contributed by atoms with Crippen LogP contribution in [0.2, 0.25) is 0 Å². The molecule has 3 unspecified atom stereocenters. The first-order valence-corrected chi connectivity index (χ1v) is 8.62. The van der Waals surface area contributed by atoms with Crippen LogP contribution < -0.4 is 5.32 Å². The van der Waals surface area contributed by atoms with E-state index in [1.807, 2.05) is 0 Å². The highest BCUT2D eigenvalue weighted by Crippen LogP contribution is 2.30. The first-order chi connectivity index (χ1) is 10.9. The lowest BCUT2D eigenvalue weighted by Gasteiger charge is -2.27. The van der Waals surface area contributed by atoms with Gasteiger partial charge in [-0.2, -0.15) is 0 Å². The molecule has 0 saturated heterocycles. The second kappa shape index (κ2) is 10.4. The fraction of sp³-hybridized carbons (Fsp3) is 0.867. The second-order valence-electron chi connectivity index (χ2n) is 6.08. The second-order valence-corrected chi connectivity index (χ2v) is 6.64. The average molecular weight is 349 g/mol. The standard InChI is InChI=1S/C15H25ClN2O5/c16-13-8-7-11(18(22)23)10-12(13)15(21)17-9-5-3-1-2-4-6-14(19)20/h11-13H,1-10H2,(H,17,21)(H,19,20). The fourth-order valence-corrected chi connectivity index (χ4v) is 3.19. The lowest BCUT2D eigenvalue weighted by atomic mass is 9.85. The zero-order valence-corrected chi connectivity index (χ0v) is 14.0. The number of carboxylic acid groups (broad SMARTS) is 1. The Labute approximate surface area is 140 Å². The Morgan fingerprint density at radius 2 is 1.83 bits per heavy atom. The molecule has 132 valence electrons. The van der Waals surface area contributed by atoms with Crippen molar-refractivity contribution in [3.63, 3.8) is 0 Å². The Kier molecular flexibility index (Phi) is 8.91. The van der Waals surface area contributed by atoms with Gasteiger partial charge in [0.25, 0.3) is 0 Å². The van der Waals surface area contributed by atoms with Crippen molar-refractivity contribution < 1.29 is 19.6 Å². The smallest absolute Gasteiger partial charge is 0.303 e. The Bertz CT molecular complexity index is 419. The summed E-state index contributed by atoms with van der Waals surface area (Å²) in [5.74, 6) is -1.45. The number of alkyl halides is 1. The van der Waals surface area contributed by atoms with Gasteiger partial charge in [0.1, 0.15) is 0 Å². The topological polar surface area (TPSA) is 110 Å². The van der Waals surface area contributed by atoms with Crippen LogP contribution in [0.1, 0.15) is 57.8 Å². The van der Waals surface area contributed by atoms with Crippen molar-refractivity contribution in [2.24, 2.45) is 5.92 Å². The van der Waals surface area contributed by atoms with Crippen LogP contribution in [0.3, 0.4) is 0 Å². The summed E-state index contributed by atoms with van der Waals surface area (Å²) < 4.78 is 0. The predicted molar refractivity (Wildman–Crippen MR) is 86.1 cm³/mol. The number of aliphatic carboxylic acids is 1. The number of halogens is 1. The van der Waals surface area contributed by atoms with Gasteiger partial charge in [0.15, 0.2) is 0 Å². The van der Waals surface area contributed by atoms with Crippen molar-refractivity contribution in [3.05, 3.63) is 10.1 Å². The van der Waals surface area contributed by atoms with Crippen LogP contribution in [-0.2, 0) is 9.59 Å². The molecule has 1 amide bonds. The molecule has 1 aliphatic carbocycles. The van der Waals surface area contributed by atoms with Crippen LogP contribution in [0.5, 0.6) is 0 Å². The number of carbonyl (C=O) groups excluding carboxylic acids is 1. The van der Waals surface area contributed by atoms with Gasteiger partial charge >= 0.3 is 5.97 Å². The zero-order chi connectivity index (χ0) is 17.2. The minimum atomic E-state index is -0.770. The van der Waals surface area contributed by atoms with E-state index < -0.39 is 17.9 Å². The zero-order valence-electron chi connectivity index (χ0n) is 13.2. The third kappa shape index (κ3) is 7.63. The molecular weight excluding hydrogens is 324 g/mol. The quantitative estimate of drug-likeness (QED) is 0.273. The van der Waals surface area contributed by atoms with Gasteiger partial charge in [0, 0.05) is 36.1 Å². The molecule has 0 bridgehead atoms. The van der Waals surface area contributed by atoms with Crippen LogP contribution in [0, 0.1) is 16.0 Å². The molecule has 1 aliphatic rings. The molecule has 0 aromatic rings. The van der Waals surface area contributed by atoms with E-state index in [-0.39, 0.29) is 29.0 Å². The molecule has 23 heavy (non-hydrogen) atoms. The van der Waals surface area contributed by atoms with E-state index in [0.717, 1.165) is 25.7 Å². The molecule has 0 heterocycles. The molecule has 1 saturated carbocycles. The van der Waals surface area contributed by atoms with Gasteiger partial charge in [-0.05, 0) is 19.3 Å². The lowest BCUT2D eigenvalue weighted by Crippen LogP contribution is -2.42. The maximum Gasteiger partial charge on any atom is 0.303 e. The highest BCUT2D eigenvalue weighted by Gasteiger charge is 2.38. The first kappa shape index (κ1) is 19.7. The minimum absolute atomic E-state index is 0.192. The van der Waals surface area contributed by atoms with Gasteiger partial charge in [-0.15, -0.1) is 11.6 Å². The summed E-state index contributed by atoms with van der Waals surface area (Å²) in [4.78, 5) is 33.0. The van der Waals surface area contributed by atoms with Crippen LogP contribution in [-0.4, -0.2) is 39.9 Å². The molecule has 0 aromatic heterocycles. The van der Waals surface area contributed by atoms with E-state index in [0.29, 0.717) is 25.8 Å². The molecule has 1 rings (SSSR count). The number of nitrogens with zero attached hydrogens (tertiary/aromatic N) is 1. The van der Waals surface area contributed by atoms with Gasteiger partial charge in [0.2, 0.25) is 11.9 Å². The summed E-state index contributed by atoms with van der Waals surface area (Å²) >= 11 is 6.14. The summed E-state index contributed by atoms with van der Waals surface area (Å²) in [6.07, 6.45) is 5.57. The number of carbonyl (C=O) groups is 2. The van der Waals surface area contributed by atoms with Gasteiger partial charge in [0.05, 0.1) is 5.92 Å². The predicted octanol–water partition coefficient (Wildman–Crippen LogP) is 2.58. The number of amides is 1. The van der Waals surface area contributed by atoms with Crippen molar-refractivity contribution in [2.45, 2.75) is 69.2 Å². The van der Waals surface area contributed by atoms with Gasteiger partial charge in [-0.3, -0.25) is 19.7 Å². The van der Waals surface area contributed by atoms with Gasteiger partial charge in [-0.25, -0.2) is 0 Å². The summed E-state index contributed by atoms with van der Waals surface area (Å²) in [5, 5.41) is 21.8. The molecule has 8 heteroatoms. The molecular formula is C15H25ClN2O5. The van der Waals surface area contributed by atoms with Crippen LogP contribution in [0.15, 0.2) is 0 Å². The number of hydrogen-bond donors (Lipinski definition) is 2. The Morgan fingerprint density at radius 3 is 2.48 bits per heavy atom. The molecule has 0 aliphatic heterocycles. The molecule has 0 spiro atoms. The SMILES string of the molecule is O=C(O)CCCCCCCNC(=O)C1CC([N+](=O)[O-])CCC1Cl. The molecule has 2 N–H and O–H groups in total. The third-order valence-electron chi connectivity index (χ3n) is 4.24. The Hall–Kier alpha value is -1.37. The fourth-order valence-electron chi connectivity index (χ4n) is 2.85. The summed E-state index contributed by atoms with van der Waals surface area (Å²) in [7, 11) is 0. The molecule has 7 nitrogen and oxygen atoms in total. The number of nitro groups is 1. The minimum Gasteiger partial charge on any atom is -0.481 e. The third-order valence-corrected chi connectivity index (χ3v) is 4.76. The number of hydrogen-bond acceptors (Lipinski definition) is 4. The van der Waals surface area contributed by atoms with Crippen LogP contribution >= 0.6 is 11.6 Å². The van der Waals surface area contributed by atoms with Crippen molar-refractivity contribution in [1.82, 2.24) is 5.32 Å². The molecule has 0 radical (unpaired) electrons.